The minimum Gasteiger partial charge on any atom is -0.469 e. The zero-order chi connectivity index (χ0) is 22.7. The molecule has 7 nitrogen and oxygen atoms in total. The van der Waals surface area contributed by atoms with Crippen LogP contribution in [0.1, 0.15) is 12.0 Å². The quantitative estimate of drug-likeness (QED) is 0.423. The Morgan fingerprint density at radius 1 is 1.23 bits per heavy atom. The lowest BCUT2D eigenvalue weighted by molar-refractivity contribution is -0.140. The molecule has 1 atom stereocenters. The van der Waals surface area contributed by atoms with Crippen LogP contribution >= 0.6 is 23.2 Å². The first kappa shape index (κ1) is 24.5. The number of carbonyl (C=O) groups excluding carboxylic acids is 1. The van der Waals surface area contributed by atoms with Crippen LogP contribution in [0.5, 0.6) is 0 Å². The van der Waals surface area contributed by atoms with Crippen LogP contribution in [0, 0.1) is 0 Å². The van der Waals surface area contributed by atoms with Gasteiger partial charge in [0, 0.05) is 10.8 Å². The molecule has 0 aromatic heterocycles. The molecule has 30 heavy (non-hydrogen) atoms. The first-order valence-corrected chi connectivity index (χ1v) is 11.6. The Morgan fingerprint density at radius 3 is 2.50 bits per heavy atom. The monoisotopic (exact) mass is 500 g/mol. The summed E-state index contributed by atoms with van der Waals surface area (Å²) in [4.78, 5) is 10.8. The smallest absolute Gasteiger partial charge is 0.328 e. The van der Waals surface area contributed by atoms with Gasteiger partial charge in [-0.25, -0.2) is 8.42 Å². The van der Waals surface area contributed by atoms with Gasteiger partial charge in [0.25, 0.3) is 10.0 Å². The molecule has 2 aromatic carbocycles. The van der Waals surface area contributed by atoms with Gasteiger partial charge in [-0.2, -0.15) is 8.78 Å². The topological polar surface area (TPSA) is 116 Å². The average molecular weight is 501 g/mol. The summed E-state index contributed by atoms with van der Waals surface area (Å²) in [6, 6.07) is 2.69. The fraction of sp³-hybridized carbons (Fsp3) is 0.235. The summed E-state index contributed by atoms with van der Waals surface area (Å²) in [7, 11) is -5.01. The first-order valence-electron chi connectivity index (χ1n) is 8.09. The Kier molecular flexibility index (Phi) is 7.80. The highest BCUT2D eigenvalue weighted by molar-refractivity contribution is 7.92. The highest BCUT2D eigenvalue weighted by atomic mass is 35.5. The maximum atomic E-state index is 13.5. The van der Waals surface area contributed by atoms with Crippen molar-refractivity contribution in [2.75, 3.05) is 17.6 Å². The highest BCUT2D eigenvalue weighted by Crippen LogP contribution is 2.32. The van der Waals surface area contributed by atoms with E-state index in [1.165, 1.54) is 25.3 Å². The lowest BCUT2D eigenvalue weighted by Crippen LogP contribution is -2.26. The normalized spacial score (nSPS) is 13.0. The second kappa shape index (κ2) is 9.56. The van der Waals surface area contributed by atoms with E-state index >= 15 is 0 Å². The number of anilines is 1. The zero-order valence-corrected chi connectivity index (χ0v) is 18.5. The number of sulfonamides is 1. The summed E-state index contributed by atoms with van der Waals surface area (Å²) >= 11 is 11.6. The molecule has 0 aliphatic rings. The fourth-order valence-corrected chi connectivity index (χ4v) is 5.02. The molecule has 0 bridgehead atoms. The standard InChI is InChI=1S/C17H16Cl2F2N2O5S2/c1-28-16(24)6-7-29(25)15-5-2-10(18)8-14(15)23-30(26,27)11-3-4-13(19)12(9-11)17(20,21)22/h2-5,8-9,23H,6-7,22H2,1H3. The number of nitrogens with one attached hydrogen (secondary N) is 1. The number of esters is 1. The van der Waals surface area contributed by atoms with Gasteiger partial charge in [0.2, 0.25) is 0 Å². The van der Waals surface area contributed by atoms with Crippen LogP contribution in [0.3, 0.4) is 0 Å². The lowest BCUT2D eigenvalue weighted by Gasteiger charge is -2.16. The molecule has 0 amide bonds. The van der Waals surface area contributed by atoms with Crippen molar-refractivity contribution < 1.29 is 30.9 Å². The van der Waals surface area contributed by atoms with Crippen molar-refractivity contribution in [2.24, 2.45) is 5.73 Å². The molecule has 2 rings (SSSR count). The Balaban J connectivity index is 2.41. The molecule has 0 saturated heterocycles. The van der Waals surface area contributed by atoms with E-state index in [1.54, 1.807) is 0 Å². The molecule has 0 aliphatic heterocycles. The van der Waals surface area contributed by atoms with Gasteiger partial charge >= 0.3 is 12.0 Å². The van der Waals surface area contributed by atoms with Crippen molar-refractivity contribution in [3.05, 3.63) is 52.0 Å². The minimum absolute atomic E-state index is 0.0465. The maximum Gasteiger partial charge on any atom is 0.328 e. The average Bonchev–Trinajstić information content (AvgIpc) is 2.64. The van der Waals surface area contributed by atoms with Gasteiger partial charge in [0.1, 0.15) is 0 Å². The molecule has 0 heterocycles. The highest BCUT2D eigenvalue weighted by Gasteiger charge is 2.30. The number of halogens is 4. The van der Waals surface area contributed by atoms with Crippen LogP contribution in [-0.2, 0) is 36.4 Å². The van der Waals surface area contributed by atoms with Crippen molar-refractivity contribution >= 4 is 55.7 Å². The number of hydrogen-bond acceptors (Lipinski definition) is 6. The van der Waals surface area contributed by atoms with E-state index < -0.39 is 48.3 Å². The summed E-state index contributed by atoms with van der Waals surface area (Å²) in [5.74, 6) is -0.719. The maximum absolute atomic E-state index is 13.5. The van der Waals surface area contributed by atoms with E-state index in [1.807, 2.05) is 0 Å². The summed E-state index contributed by atoms with van der Waals surface area (Å²) in [6.07, 6.45) is -0.163. The number of benzene rings is 2. The molecular weight excluding hydrogens is 485 g/mol. The molecule has 3 N–H and O–H groups in total. The summed E-state index contributed by atoms with van der Waals surface area (Å²) < 4.78 is 71.7. The van der Waals surface area contributed by atoms with Crippen LogP contribution < -0.4 is 10.5 Å². The number of rotatable bonds is 8. The van der Waals surface area contributed by atoms with Gasteiger partial charge in [0.05, 0.1) is 50.4 Å². The predicted octanol–water partition coefficient (Wildman–Crippen LogP) is 3.47. The number of ether oxygens (including phenoxy) is 1. The molecule has 13 heteroatoms. The molecule has 1 unspecified atom stereocenters. The van der Waals surface area contributed by atoms with E-state index in [0.717, 1.165) is 12.1 Å². The molecule has 0 radical (unpaired) electrons. The summed E-state index contributed by atoms with van der Waals surface area (Å²) in [5.41, 5.74) is 3.73. The number of alkyl halides is 2. The van der Waals surface area contributed by atoms with Gasteiger partial charge in [-0.3, -0.25) is 19.5 Å². The van der Waals surface area contributed by atoms with Gasteiger partial charge < -0.3 is 4.74 Å². The second-order valence-electron chi connectivity index (χ2n) is 5.89. The Morgan fingerprint density at radius 2 is 1.90 bits per heavy atom. The molecule has 2 aromatic rings. The molecule has 0 fully saturated rings. The molecule has 0 aliphatic carbocycles. The van der Waals surface area contributed by atoms with Gasteiger partial charge in [-0.15, -0.1) is 0 Å². The Hall–Kier alpha value is -1.79. The van der Waals surface area contributed by atoms with Gasteiger partial charge in [-0.05, 0) is 36.4 Å². The van der Waals surface area contributed by atoms with E-state index in [-0.39, 0.29) is 27.8 Å². The third-order valence-electron chi connectivity index (χ3n) is 3.76. The summed E-state index contributed by atoms with van der Waals surface area (Å²) in [5, 5.41) is -0.277. The van der Waals surface area contributed by atoms with E-state index in [2.05, 4.69) is 9.46 Å². The van der Waals surface area contributed by atoms with E-state index in [0.29, 0.717) is 6.07 Å². The fourth-order valence-electron chi connectivity index (χ4n) is 2.30. The van der Waals surface area contributed by atoms with Gasteiger partial charge in [-0.1, -0.05) is 23.2 Å². The number of carbonyl (C=O) groups is 1. The van der Waals surface area contributed by atoms with Crippen molar-refractivity contribution in [3.63, 3.8) is 0 Å². The Labute approximate surface area is 184 Å². The zero-order valence-electron chi connectivity index (χ0n) is 15.3. The van der Waals surface area contributed by atoms with Crippen LogP contribution in [0.4, 0.5) is 14.5 Å². The number of nitrogens with two attached hydrogens (primary N) is 1. The largest absolute Gasteiger partial charge is 0.469 e. The number of hydrogen-bond donors (Lipinski definition) is 2. The SMILES string of the molecule is COC(=O)CCS(=O)c1ccc(Cl)cc1NS(=O)(=O)c1ccc(Cl)c(C(N)(F)F)c1. The van der Waals surface area contributed by atoms with Gasteiger partial charge in [0.15, 0.2) is 0 Å². The van der Waals surface area contributed by atoms with Crippen molar-refractivity contribution in [1.29, 1.82) is 0 Å². The molecule has 0 spiro atoms. The van der Waals surface area contributed by atoms with Crippen molar-refractivity contribution in [3.8, 4) is 0 Å². The van der Waals surface area contributed by atoms with Crippen molar-refractivity contribution in [2.45, 2.75) is 22.3 Å². The second-order valence-corrected chi connectivity index (χ2v) is 9.95. The van der Waals surface area contributed by atoms with Crippen LogP contribution in [0.25, 0.3) is 0 Å². The van der Waals surface area contributed by atoms with Crippen LogP contribution in [0.15, 0.2) is 46.2 Å². The molecular formula is C17H16Cl2F2N2O5S2. The predicted molar refractivity (Wildman–Crippen MR) is 110 cm³/mol. The van der Waals surface area contributed by atoms with E-state index in [9.17, 15) is 26.2 Å². The lowest BCUT2D eigenvalue weighted by atomic mass is 10.2. The third kappa shape index (κ3) is 6.11. The summed E-state index contributed by atoms with van der Waals surface area (Å²) in [6.45, 7) is 0. The molecule has 0 saturated carbocycles. The van der Waals surface area contributed by atoms with Crippen LogP contribution in [-0.4, -0.2) is 31.5 Å². The molecule has 164 valence electrons. The third-order valence-corrected chi connectivity index (χ3v) is 7.11. The number of methoxy groups -OCH3 is 1. The minimum atomic E-state index is -4.40. The van der Waals surface area contributed by atoms with E-state index in [4.69, 9.17) is 28.9 Å². The Bertz CT molecular complexity index is 1090. The first-order chi connectivity index (χ1) is 13.8. The van der Waals surface area contributed by atoms with Crippen LogP contribution in [0.2, 0.25) is 10.0 Å². The van der Waals surface area contributed by atoms with Crippen molar-refractivity contribution in [1.82, 2.24) is 0 Å².